The molecule has 2 nitrogen and oxygen atoms in total. The van der Waals surface area contributed by atoms with E-state index < -0.39 is 0 Å². The van der Waals surface area contributed by atoms with Gasteiger partial charge in [-0.1, -0.05) is 25.0 Å². The van der Waals surface area contributed by atoms with Crippen LogP contribution in [-0.2, 0) is 9.53 Å². The first-order chi connectivity index (χ1) is 8.08. The lowest BCUT2D eigenvalue weighted by atomic mass is 9.86. The van der Waals surface area contributed by atoms with Crippen LogP contribution in [0.2, 0.25) is 0 Å². The van der Waals surface area contributed by atoms with Crippen molar-refractivity contribution in [1.82, 2.24) is 0 Å². The van der Waals surface area contributed by atoms with Crippen LogP contribution in [0.3, 0.4) is 0 Å². The number of esters is 1. The fourth-order valence-electron chi connectivity index (χ4n) is 1.97. The molecule has 1 aliphatic rings. The van der Waals surface area contributed by atoms with Crippen LogP contribution in [0.1, 0.15) is 59.3 Å². The third-order valence-corrected chi connectivity index (χ3v) is 3.43. The lowest BCUT2D eigenvalue weighted by Crippen LogP contribution is -2.20. The van der Waals surface area contributed by atoms with Gasteiger partial charge in [0.05, 0.1) is 6.61 Å². The minimum Gasteiger partial charge on any atom is -0.465 e. The van der Waals surface area contributed by atoms with Gasteiger partial charge in [0.2, 0.25) is 0 Å². The lowest BCUT2D eigenvalue weighted by Gasteiger charge is -2.24. The molecule has 0 spiro atoms. The molecule has 0 amide bonds. The highest BCUT2D eigenvalue weighted by Crippen LogP contribution is 2.26. The summed E-state index contributed by atoms with van der Waals surface area (Å²) in [5, 5.41) is 0. The molecule has 0 aliphatic heterocycles. The highest BCUT2D eigenvalue weighted by atomic mass is 16.5. The number of hydrogen-bond acceptors (Lipinski definition) is 2. The van der Waals surface area contributed by atoms with E-state index in [0.717, 1.165) is 12.8 Å². The van der Waals surface area contributed by atoms with E-state index in [2.05, 4.69) is 26.8 Å². The molecule has 0 N–H and O–H groups in total. The Morgan fingerprint density at radius 1 is 1.41 bits per heavy atom. The van der Waals surface area contributed by atoms with Gasteiger partial charge in [-0.25, -0.2) is 0 Å². The van der Waals surface area contributed by atoms with Crippen LogP contribution in [-0.4, -0.2) is 12.6 Å². The van der Waals surface area contributed by atoms with Gasteiger partial charge in [0, 0.05) is 6.42 Å². The maximum Gasteiger partial charge on any atom is 0.306 e. The molecule has 0 saturated heterocycles. The van der Waals surface area contributed by atoms with E-state index in [1.807, 2.05) is 0 Å². The van der Waals surface area contributed by atoms with Gasteiger partial charge < -0.3 is 4.74 Å². The normalized spacial score (nSPS) is 17.1. The molecule has 0 aromatic rings. The second kappa shape index (κ2) is 7.52. The van der Waals surface area contributed by atoms with Crippen molar-refractivity contribution in [2.75, 3.05) is 6.61 Å². The number of carbonyl (C=O) groups excluding carboxylic acids is 1. The van der Waals surface area contributed by atoms with Gasteiger partial charge in [0.1, 0.15) is 0 Å². The highest BCUT2D eigenvalue weighted by Gasteiger charge is 2.19. The molecular formula is C15H26O2. The molecule has 0 aromatic carbocycles. The quantitative estimate of drug-likeness (QED) is 0.493. The SMILES string of the molecule is CC(C)=CCCC(C)CC(=O)OCC1CCC1. The van der Waals surface area contributed by atoms with Crippen molar-refractivity contribution < 1.29 is 9.53 Å². The summed E-state index contributed by atoms with van der Waals surface area (Å²) >= 11 is 0. The third kappa shape index (κ3) is 6.50. The number of allylic oxidation sites excluding steroid dienone is 2. The van der Waals surface area contributed by atoms with E-state index in [0.29, 0.717) is 24.9 Å². The molecule has 0 bridgehead atoms. The maximum absolute atomic E-state index is 11.6. The summed E-state index contributed by atoms with van der Waals surface area (Å²) in [5.74, 6) is 1.07. The van der Waals surface area contributed by atoms with Crippen molar-refractivity contribution in [2.24, 2.45) is 11.8 Å². The number of ether oxygens (including phenoxy) is 1. The minimum atomic E-state index is -0.0124. The monoisotopic (exact) mass is 238 g/mol. The molecule has 1 fully saturated rings. The molecule has 98 valence electrons. The van der Waals surface area contributed by atoms with Crippen LogP contribution < -0.4 is 0 Å². The average molecular weight is 238 g/mol. The van der Waals surface area contributed by atoms with Crippen molar-refractivity contribution in [3.63, 3.8) is 0 Å². The summed E-state index contributed by atoms with van der Waals surface area (Å²) in [6.45, 7) is 7.00. The molecule has 0 aromatic heterocycles. The first-order valence-electron chi connectivity index (χ1n) is 6.87. The summed E-state index contributed by atoms with van der Waals surface area (Å²) in [7, 11) is 0. The second-order valence-electron chi connectivity index (χ2n) is 5.65. The van der Waals surface area contributed by atoms with Crippen molar-refractivity contribution in [3.05, 3.63) is 11.6 Å². The average Bonchev–Trinajstić information content (AvgIpc) is 2.14. The Morgan fingerprint density at radius 2 is 2.12 bits per heavy atom. The molecule has 1 saturated carbocycles. The van der Waals surface area contributed by atoms with Crippen LogP contribution in [0.15, 0.2) is 11.6 Å². The molecule has 1 unspecified atom stereocenters. The predicted octanol–water partition coefficient (Wildman–Crippen LogP) is 4.10. The van der Waals surface area contributed by atoms with Crippen molar-refractivity contribution >= 4 is 5.97 Å². The minimum absolute atomic E-state index is 0.0124. The zero-order chi connectivity index (χ0) is 12.7. The summed E-state index contributed by atoms with van der Waals surface area (Å²) in [4.78, 5) is 11.6. The molecule has 0 heterocycles. The second-order valence-corrected chi connectivity index (χ2v) is 5.65. The molecule has 1 aliphatic carbocycles. The molecule has 0 radical (unpaired) electrons. The van der Waals surface area contributed by atoms with Crippen molar-refractivity contribution in [2.45, 2.75) is 59.3 Å². The fourth-order valence-corrected chi connectivity index (χ4v) is 1.97. The van der Waals surface area contributed by atoms with E-state index in [9.17, 15) is 4.79 Å². The van der Waals surface area contributed by atoms with Crippen LogP contribution >= 0.6 is 0 Å². The maximum atomic E-state index is 11.6. The van der Waals surface area contributed by atoms with Crippen molar-refractivity contribution in [1.29, 1.82) is 0 Å². The van der Waals surface area contributed by atoms with Gasteiger partial charge in [-0.2, -0.15) is 0 Å². The van der Waals surface area contributed by atoms with Crippen LogP contribution in [0.4, 0.5) is 0 Å². The van der Waals surface area contributed by atoms with Gasteiger partial charge in [0.15, 0.2) is 0 Å². The standard InChI is InChI=1S/C15H26O2/c1-12(2)6-4-7-13(3)10-15(16)17-11-14-8-5-9-14/h6,13-14H,4-5,7-11H2,1-3H3. The van der Waals surface area contributed by atoms with E-state index in [-0.39, 0.29) is 5.97 Å². The summed E-state index contributed by atoms with van der Waals surface area (Å²) in [6, 6.07) is 0. The predicted molar refractivity (Wildman–Crippen MR) is 70.7 cm³/mol. The van der Waals surface area contributed by atoms with E-state index >= 15 is 0 Å². The number of rotatable bonds is 7. The first-order valence-corrected chi connectivity index (χ1v) is 6.87. The Balaban J connectivity index is 2.05. The van der Waals surface area contributed by atoms with E-state index in [4.69, 9.17) is 4.74 Å². The smallest absolute Gasteiger partial charge is 0.306 e. The summed E-state index contributed by atoms with van der Waals surface area (Å²) in [6.07, 6.45) is 8.73. The lowest BCUT2D eigenvalue weighted by molar-refractivity contribution is -0.146. The number of carbonyl (C=O) groups is 1. The summed E-state index contributed by atoms with van der Waals surface area (Å²) in [5.41, 5.74) is 1.35. The van der Waals surface area contributed by atoms with Crippen LogP contribution in [0, 0.1) is 11.8 Å². The van der Waals surface area contributed by atoms with E-state index in [1.165, 1.54) is 24.8 Å². The molecule has 1 atom stereocenters. The Kier molecular flexibility index (Phi) is 6.31. The van der Waals surface area contributed by atoms with Crippen molar-refractivity contribution in [3.8, 4) is 0 Å². The Bertz CT molecular complexity index is 260. The largest absolute Gasteiger partial charge is 0.465 e. The van der Waals surface area contributed by atoms with Crippen LogP contribution in [0.5, 0.6) is 0 Å². The Labute approximate surface area is 105 Å². The molecule has 1 rings (SSSR count). The van der Waals surface area contributed by atoms with E-state index in [1.54, 1.807) is 0 Å². The summed E-state index contributed by atoms with van der Waals surface area (Å²) < 4.78 is 5.29. The zero-order valence-electron chi connectivity index (χ0n) is 11.5. The Hall–Kier alpha value is -0.790. The van der Waals surface area contributed by atoms with Gasteiger partial charge in [-0.15, -0.1) is 0 Å². The van der Waals surface area contributed by atoms with Gasteiger partial charge in [-0.05, 0) is 51.4 Å². The number of hydrogen-bond donors (Lipinski definition) is 0. The molecule has 17 heavy (non-hydrogen) atoms. The highest BCUT2D eigenvalue weighted by molar-refractivity contribution is 5.69. The molecule has 2 heteroatoms. The fraction of sp³-hybridized carbons (Fsp3) is 0.800. The van der Waals surface area contributed by atoms with Crippen LogP contribution in [0.25, 0.3) is 0 Å². The van der Waals surface area contributed by atoms with Gasteiger partial charge >= 0.3 is 5.97 Å². The van der Waals surface area contributed by atoms with Gasteiger partial charge in [-0.3, -0.25) is 4.79 Å². The zero-order valence-corrected chi connectivity index (χ0v) is 11.5. The molecular weight excluding hydrogens is 212 g/mol. The Morgan fingerprint density at radius 3 is 2.65 bits per heavy atom. The first kappa shape index (κ1) is 14.3. The topological polar surface area (TPSA) is 26.3 Å². The van der Waals surface area contributed by atoms with Gasteiger partial charge in [0.25, 0.3) is 0 Å². The third-order valence-electron chi connectivity index (χ3n) is 3.43.